The molecule has 1 N–H and O–H groups in total. The second kappa shape index (κ2) is 8.09. The summed E-state index contributed by atoms with van der Waals surface area (Å²) >= 11 is 0. The Balaban J connectivity index is 2.14. The number of rotatable bonds is 8. The van der Waals surface area contributed by atoms with E-state index in [9.17, 15) is 0 Å². The summed E-state index contributed by atoms with van der Waals surface area (Å²) in [4.78, 5) is 0. The lowest BCUT2D eigenvalue weighted by Gasteiger charge is -2.14. The Labute approximate surface area is 104 Å². The maximum Gasteiger partial charge on any atom is 0.0781 e. The van der Waals surface area contributed by atoms with Crippen molar-refractivity contribution in [1.82, 2.24) is 0 Å². The van der Waals surface area contributed by atoms with E-state index in [0.717, 1.165) is 13.2 Å². The van der Waals surface area contributed by atoms with Gasteiger partial charge in [0.25, 0.3) is 0 Å². The van der Waals surface area contributed by atoms with E-state index in [4.69, 9.17) is 9.47 Å². The zero-order valence-corrected chi connectivity index (χ0v) is 11.0. The normalized spacial score (nSPS) is 12.4. The Morgan fingerprint density at radius 2 is 2.06 bits per heavy atom. The molecule has 0 spiro atoms. The van der Waals surface area contributed by atoms with Crippen LogP contribution in [0.5, 0.6) is 0 Å². The summed E-state index contributed by atoms with van der Waals surface area (Å²) in [6, 6.07) is 8.26. The molecule has 0 aliphatic carbocycles. The Kier molecular flexibility index (Phi) is 6.67. The topological polar surface area (TPSA) is 30.5 Å². The minimum atomic E-state index is 0.161. The molecule has 3 heteroatoms. The van der Waals surface area contributed by atoms with Gasteiger partial charge in [0.2, 0.25) is 0 Å². The van der Waals surface area contributed by atoms with Crippen molar-refractivity contribution in [3.63, 3.8) is 0 Å². The standard InChI is InChI=1S/C14H23NO2/c1-4-16-11-13(3)17-10-9-15-14-8-6-5-7-12(14)2/h5-8,13,15H,4,9-11H2,1-3H3. The molecule has 1 unspecified atom stereocenters. The van der Waals surface area contributed by atoms with Gasteiger partial charge in [-0.3, -0.25) is 0 Å². The molecule has 1 aromatic rings. The summed E-state index contributed by atoms with van der Waals surface area (Å²) in [6.07, 6.45) is 0.161. The predicted molar refractivity (Wildman–Crippen MR) is 71.6 cm³/mol. The van der Waals surface area contributed by atoms with Gasteiger partial charge >= 0.3 is 0 Å². The van der Waals surface area contributed by atoms with Crippen LogP contribution in [0.3, 0.4) is 0 Å². The highest BCUT2D eigenvalue weighted by atomic mass is 16.5. The smallest absolute Gasteiger partial charge is 0.0781 e. The number of ether oxygens (including phenoxy) is 2. The van der Waals surface area contributed by atoms with Gasteiger partial charge in [0, 0.05) is 18.8 Å². The fourth-order valence-electron chi connectivity index (χ4n) is 1.55. The van der Waals surface area contributed by atoms with Crippen molar-refractivity contribution in [3.05, 3.63) is 29.8 Å². The number of hydrogen-bond acceptors (Lipinski definition) is 3. The van der Waals surface area contributed by atoms with Gasteiger partial charge in [0.15, 0.2) is 0 Å². The van der Waals surface area contributed by atoms with E-state index in [1.807, 2.05) is 26.0 Å². The number of benzene rings is 1. The molecule has 0 saturated heterocycles. The van der Waals surface area contributed by atoms with Crippen molar-refractivity contribution in [1.29, 1.82) is 0 Å². The fraction of sp³-hybridized carbons (Fsp3) is 0.571. The summed E-state index contributed by atoms with van der Waals surface area (Å²) in [5, 5.41) is 3.36. The average Bonchev–Trinajstić information content (AvgIpc) is 2.34. The first kappa shape index (κ1) is 14.0. The van der Waals surface area contributed by atoms with E-state index in [1.165, 1.54) is 11.3 Å². The van der Waals surface area contributed by atoms with Crippen LogP contribution < -0.4 is 5.32 Å². The van der Waals surface area contributed by atoms with Crippen LogP contribution in [0.1, 0.15) is 19.4 Å². The van der Waals surface area contributed by atoms with Gasteiger partial charge in [-0.25, -0.2) is 0 Å². The maximum absolute atomic E-state index is 5.62. The van der Waals surface area contributed by atoms with Crippen LogP contribution in [0.25, 0.3) is 0 Å². The largest absolute Gasteiger partial charge is 0.383 e. The summed E-state index contributed by atoms with van der Waals surface area (Å²) in [7, 11) is 0. The number of anilines is 1. The van der Waals surface area contributed by atoms with Crippen molar-refractivity contribution in [2.75, 3.05) is 31.7 Å². The van der Waals surface area contributed by atoms with Crippen LogP contribution in [-0.4, -0.2) is 32.5 Å². The summed E-state index contributed by atoms with van der Waals surface area (Å²) in [5.74, 6) is 0. The van der Waals surface area contributed by atoms with E-state index in [0.29, 0.717) is 13.2 Å². The molecule has 0 bridgehead atoms. The highest BCUT2D eigenvalue weighted by molar-refractivity contribution is 5.50. The zero-order valence-electron chi connectivity index (χ0n) is 11.0. The molecule has 0 saturated carbocycles. The van der Waals surface area contributed by atoms with Gasteiger partial charge in [0.1, 0.15) is 0 Å². The second-order valence-electron chi connectivity index (χ2n) is 4.08. The molecule has 0 aromatic heterocycles. The third-order valence-electron chi connectivity index (χ3n) is 2.52. The van der Waals surface area contributed by atoms with E-state index < -0.39 is 0 Å². The van der Waals surface area contributed by atoms with Gasteiger partial charge in [-0.1, -0.05) is 18.2 Å². The van der Waals surface area contributed by atoms with Crippen LogP contribution in [0, 0.1) is 6.92 Å². The molecule has 96 valence electrons. The van der Waals surface area contributed by atoms with Crippen LogP contribution >= 0.6 is 0 Å². The maximum atomic E-state index is 5.62. The van der Waals surface area contributed by atoms with Gasteiger partial charge in [-0.15, -0.1) is 0 Å². The summed E-state index contributed by atoms with van der Waals surface area (Å²) in [6.45, 7) is 9.05. The van der Waals surface area contributed by atoms with Gasteiger partial charge in [0.05, 0.1) is 19.3 Å². The molecule has 1 atom stereocenters. The molecule has 0 aliphatic rings. The monoisotopic (exact) mass is 237 g/mol. The summed E-state index contributed by atoms with van der Waals surface area (Å²) in [5.41, 5.74) is 2.43. The molecule has 0 amide bonds. The van der Waals surface area contributed by atoms with Gasteiger partial charge in [-0.2, -0.15) is 0 Å². The highest BCUT2D eigenvalue weighted by Crippen LogP contribution is 2.12. The molecule has 1 rings (SSSR count). The average molecular weight is 237 g/mol. The lowest BCUT2D eigenvalue weighted by atomic mass is 10.2. The third kappa shape index (κ3) is 5.71. The number of hydrogen-bond donors (Lipinski definition) is 1. The van der Waals surface area contributed by atoms with E-state index >= 15 is 0 Å². The van der Waals surface area contributed by atoms with E-state index in [2.05, 4.69) is 24.4 Å². The SMILES string of the molecule is CCOCC(C)OCCNc1ccccc1C. The Hall–Kier alpha value is -1.06. The lowest BCUT2D eigenvalue weighted by molar-refractivity contribution is 0.000869. The molecule has 0 heterocycles. The van der Waals surface area contributed by atoms with Crippen molar-refractivity contribution in [2.45, 2.75) is 26.9 Å². The first-order valence-corrected chi connectivity index (χ1v) is 6.23. The van der Waals surface area contributed by atoms with Crippen molar-refractivity contribution in [2.24, 2.45) is 0 Å². The third-order valence-corrected chi connectivity index (χ3v) is 2.52. The number of nitrogens with one attached hydrogen (secondary N) is 1. The first-order valence-electron chi connectivity index (χ1n) is 6.23. The number of para-hydroxylation sites is 1. The van der Waals surface area contributed by atoms with E-state index in [-0.39, 0.29) is 6.10 Å². The molecule has 0 fully saturated rings. The van der Waals surface area contributed by atoms with Crippen LogP contribution in [0.4, 0.5) is 5.69 Å². The van der Waals surface area contributed by atoms with Crippen molar-refractivity contribution >= 4 is 5.69 Å². The minimum absolute atomic E-state index is 0.161. The van der Waals surface area contributed by atoms with Crippen LogP contribution in [0.2, 0.25) is 0 Å². The van der Waals surface area contributed by atoms with Crippen molar-refractivity contribution in [3.8, 4) is 0 Å². The molecular formula is C14H23NO2. The second-order valence-corrected chi connectivity index (χ2v) is 4.08. The Morgan fingerprint density at radius 1 is 1.29 bits per heavy atom. The number of aryl methyl sites for hydroxylation is 1. The van der Waals surface area contributed by atoms with E-state index in [1.54, 1.807) is 0 Å². The van der Waals surface area contributed by atoms with Crippen LogP contribution in [-0.2, 0) is 9.47 Å². The molecular weight excluding hydrogens is 214 g/mol. The van der Waals surface area contributed by atoms with Gasteiger partial charge in [-0.05, 0) is 32.4 Å². The Morgan fingerprint density at radius 3 is 2.76 bits per heavy atom. The molecule has 0 aliphatic heterocycles. The van der Waals surface area contributed by atoms with Crippen LogP contribution in [0.15, 0.2) is 24.3 Å². The Bertz CT molecular complexity index is 315. The minimum Gasteiger partial charge on any atom is -0.383 e. The fourth-order valence-corrected chi connectivity index (χ4v) is 1.55. The van der Waals surface area contributed by atoms with Gasteiger partial charge < -0.3 is 14.8 Å². The lowest BCUT2D eigenvalue weighted by Crippen LogP contribution is -2.20. The van der Waals surface area contributed by atoms with Crippen molar-refractivity contribution < 1.29 is 9.47 Å². The molecule has 17 heavy (non-hydrogen) atoms. The molecule has 3 nitrogen and oxygen atoms in total. The predicted octanol–water partition coefficient (Wildman–Crippen LogP) is 2.85. The molecule has 0 radical (unpaired) electrons. The molecule has 1 aromatic carbocycles. The highest BCUT2D eigenvalue weighted by Gasteiger charge is 2.01. The summed E-state index contributed by atoms with van der Waals surface area (Å²) < 4.78 is 10.9. The zero-order chi connectivity index (χ0) is 12.5. The quantitative estimate of drug-likeness (QED) is 0.705. The first-order chi connectivity index (χ1) is 8.24.